The van der Waals surface area contributed by atoms with Crippen molar-refractivity contribution in [3.63, 3.8) is 0 Å². The van der Waals surface area contributed by atoms with Crippen molar-refractivity contribution < 1.29 is 32.0 Å². The molecular weight excluding hydrogens is 419 g/mol. The van der Waals surface area contributed by atoms with Gasteiger partial charge in [0.05, 0.1) is 0 Å². The van der Waals surface area contributed by atoms with Crippen LogP contribution < -0.4 is 10.6 Å². The van der Waals surface area contributed by atoms with E-state index in [-0.39, 0.29) is 24.9 Å². The van der Waals surface area contributed by atoms with Crippen LogP contribution in [-0.2, 0) is 28.9 Å². The molecule has 0 radical (unpaired) electrons. The Kier molecular flexibility index (Phi) is 6.48. The number of hydrogen-bond acceptors (Lipinski definition) is 7. The molecule has 0 saturated heterocycles. The lowest BCUT2D eigenvalue weighted by Crippen LogP contribution is -2.23. The van der Waals surface area contributed by atoms with E-state index in [1.54, 1.807) is 24.3 Å². The SMILES string of the molecule is CC(=O)Nc1ccc(COC(=O)NCc2ccc(-c3noc(C(F)(F)F)n3)cc2)cn1. The number of alkyl carbamates (subject to hydrolysis) is 1. The van der Waals surface area contributed by atoms with E-state index in [0.717, 1.165) is 0 Å². The summed E-state index contributed by atoms with van der Waals surface area (Å²) in [6.45, 7) is 1.49. The predicted molar refractivity (Wildman–Crippen MR) is 100 cm³/mol. The van der Waals surface area contributed by atoms with Gasteiger partial charge in [0.25, 0.3) is 0 Å². The second-order valence-corrected chi connectivity index (χ2v) is 6.28. The number of rotatable bonds is 6. The number of benzene rings is 1. The maximum atomic E-state index is 12.5. The van der Waals surface area contributed by atoms with Crippen LogP contribution in [0.4, 0.5) is 23.8 Å². The standard InChI is InChI=1S/C19H16F3N5O4/c1-11(28)25-15-7-4-13(9-23-15)10-30-18(29)24-8-12-2-5-14(6-3-12)16-26-17(31-27-16)19(20,21)22/h2-7,9H,8,10H2,1H3,(H,24,29)(H,23,25,28). The Hall–Kier alpha value is -3.96. The molecule has 0 fully saturated rings. The van der Waals surface area contributed by atoms with Gasteiger partial charge in [0.15, 0.2) is 0 Å². The number of aromatic nitrogens is 3. The molecule has 0 saturated carbocycles. The minimum absolute atomic E-state index is 0.0164. The van der Waals surface area contributed by atoms with E-state index in [2.05, 4.69) is 30.3 Å². The highest BCUT2D eigenvalue weighted by Gasteiger charge is 2.38. The van der Waals surface area contributed by atoms with Gasteiger partial charge < -0.3 is 19.9 Å². The minimum atomic E-state index is -4.71. The molecule has 0 atom stereocenters. The number of anilines is 1. The summed E-state index contributed by atoms with van der Waals surface area (Å²) in [6.07, 6.45) is -3.90. The molecule has 1 aromatic carbocycles. The van der Waals surface area contributed by atoms with Crippen molar-refractivity contribution in [2.75, 3.05) is 5.32 Å². The lowest BCUT2D eigenvalue weighted by molar-refractivity contribution is -0.159. The third-order valence-electron chi connectivity index (χ3n) is 3.82. The van der Waals surface area contributed by atoms with Gasteiger partial charge in [-0.2, -0.15) is 18.2 Å². The van der Waals surface area contributed by atoms with Crippen molar-refractivity contribution in [2.45, 2.75) is 26.3 Å². The largest absolute Gasteiger partial charge is 0.471 e. The van der Waals surface area contributed by atoms with E-state index >= 15 is 0 Å². The van der Waals surface area contributed by atoms with Crippen LogP contribution in [0.15, 0.2) is 47.1 Å². The van der Waals surface area contributed by atoms with Crippen molar-refractivity contribution in [1.82, 2.24) is 20.4 Å². The van der Waals surface area contributed by atoms with Crippen LogP contribution in [0.1, 0.15) is 23.9 Å². The third-order valence-corrected chi connectivity index (χ3v) is 3.82. The Balaban J connectivity index is 1.47. The minimum Gasteiger partial charge on any atom is -0.445 e. The Morgan fingerprint density at radius 2 is 1.81 bits per heavy atom. The van der Waals surface area contributed by atoms with E-state index in [9.17, 15) is 22.8 Å². The van der Waals surface area contributed by atoms with Gasteiger partial charge in [0, 0.05) is 30.8 Å². The molecule has 3 rings (SSSR count). The second kappa shape index (κ2) is 9.24. The zero-order chi connectivity index (χ0) is 22.4. The number of alkyl halides is 3. The van der Waals surface area contributed by atoms with Gasteiger partial charge in [0.2, 0.25) is 11.7 Å². The van der Waals surface area contributed by atoms with E-state index < -0.39 is 18.2 Å². The van der Waals surface area contributed by atoms with Crippen LogP contribution in [0.25, 0.3) is 11.4 Å². The van der Waals surface area contributed by atoms with Gasteiger partial charge >= 0.3 is 18.2 Å². The average Bonchev–Trinajstić information content (AvgIpc) is 3.22. The van der Waals surface area contributed by atoms with Gasteiger partial charge in [-0.1, -0.05) is 35.5 Å². The van der Waals surface area contributed by atoms with Crippen LogP contribution in [0.5, 0.6) is 0 Å². The molecule has 2 amide bonds. The first-order valence-electron chi connectivity index (χ1n) is 8.84. The van der Waals surface area contributed by atoms with Gasteiger partial charge in [0.1, 0.15) is 12.4 Å². The molecule has 2 N–H and O–H groups in total. The van der Waals surface area contributed by atoms with Crippen molar-refractivity contribution in [2.24, 2.45) is 0 Å². The van der Waals surface area contributed by atoms with Crippen LogP contribution in [-0.4, -0.2) is 27.1 Å². The molecule has 3 aromatic rings. The van der Waals surface area contributed by atoms with Gasteiger partial charge in [-0.3, -0.25) is 4.79 Å². The van der Waals surface area contributed by atoms with E-state index in [1.165, 1.54) is 25.3 Å². The monoisotopic (exact) mass is 435 g/mol. The van der Waals surface area contributed by atoms with Crippen molar-refractivity contribution in [3.8, 4) is 11.4 Å². The third kappa shape index (κ3) is 6.26. The maximum Gasteiger partial charge on any atom is 0.471 e. The molecule has 162 valence electrons. The quantitative estimate of drug-likeness (QED) is 0.608. The molecule has 9 nitrogen and oxygen atoms in total. The summed E-state index contributed by atoms with van der Waals surface area (Å²) in [4.78, 5) is 30.1. The molecule has 31 heavy (non-hydrogen) atoms. The Bertz CT molecular complexity index is 1050. The molecule has 0 bridgehead atoms. The molecule has 0 aliphatic rings. The number of nitrogens with one attached hydrogen (secondary N) is 2. The van der Waals surface area contributed by atoms with Gasteiger partial charge in [-0.15, -0.1) is 0 Å². The highest BCUT2D eigenvalue weighted by molar-refractivity contribution is 5.87. The Morgan fingerprint density at radius 3 is 2.39 bits per heavy atom. The predicted octanol–water partition coefficient (Wildman–Crippen LogP) is 3.54. The molecule has 2 aromatic heterocycles. The fourth-order valence-corrected chi connectivity index (χ4v) is 2.37. The van der Waals surface area contributed by atoms with E-state index in [1.807, 2.05) is 0 Å². The molecule has 0 aliphatic heterocycles. The number of carbonyl (C=O) groups excluding carboxylic acids is 2. The van der Waals surface area contributed by atoms with Gasteiger partial charge in [-0.25, -0.2) is 9.78 Å². The summed E-state index contributed by atoms with van der Waals surface area (Å²) < 4.78 is 46.9. The maximum absolute atomic E-state index is 12.5. The zero-order valence-electron chi connectivity index (χ0n) is 16.1. The molecular formula is C19H16F3N5O4. The van der Waals surface area contributed by atoms with Crippen LogP contribution in [0.3, 0.4) is 0 Å². The fourth-order valence-electron chi connectivity index (χ4n) is 2.37. The summed E-state index contributed by atoms with van der Waals surface area (Å²) in [6, 6.07) is 9.46. The van der Waals surface area contributed by atoms with Crippen LogP contribution >= 0.6 is 0 Å². The summed E-state index contributed by atoms with van der Waals surface area (Å²) in [5, 5.41) is 8.38. The average molecular weight is 435 g/mol. The normalized spacial score (nSPS) is 11.1. The number of nitrogens with zero attached hydrogens (tertiary/aromatic N) is 3. The number of carbonyl (C=O) groups is 2. The molecule has 12 heteroatoms. The summed E-state index contributed by atoms with van der Waals surface area (Å²) >= 11 is 0. The topological polar surface area (TPSA) is 119 Å². The van der Waals surface area contributed by atoms with Crippen LogP contribution in [0, 0.1) is 0 Å². The second-order valence-electron chi connectivity index (χ2n) is 6.28. The lowest BCUT2D eigenvalue weighted by atomic mass is 10.1. The van der Waals surface area contributed by atoms with Crippen molar-refractivity contribution in [3.05, 3.63) is 59.6 Å². The van der Waals surface area contributed by atoms with E-state index in [0.29, 0.717) is 22.5 Å². The number of ether oxygens (including phenoxy) is 1. The summed E-state index contributed by atoms with van der Waals surface area (Å²) in [5.74, 6) is -1.47. The fraction of sp³-hybridized carbons (Fsp3) is 0.211. The zero-order valence-corrected chi connectivity index (χ0v) is 16.1. The first-order chi connectivity index (χ1) is 14.7. The number of halogens is 3. The van der Waals surface area contributed by atoms with Gasteiger partial charge in [-0.05, 0) is 11.6 Å². The summed E-state index contributed by atoms with van der Waals surface area (Å²) in [5.41, 5.74) is 1.65. The molecule has 0 spiro atoms. The molecule has 0 aliphatic carbocycles. The lowest BCUT2D eigenvalue weighted by Gasteiger charge is -2.08. The number of pyridine rings is 1. The van der Waals surface area contributed by atoms with E-state index in [4.69, 9.17) is 4.74 Å². The van der Waals surface area contributed by atoms with Crippen molar-refractivity contribution in [1.29, 1.82) is 0 Å². The first kappa shape index (κ1) is 21.7. The molecule has 2 heterocycles. The van der Waals surface area contributed by atoms with Crippen LogP contribution in [0.2, 0.25) is 0 Å². The Labute approximate surface area is 173 Å². The Morgan fingerprint density at radius 1 is 1.10 bits per heavy atom. The van der Waals surface area contributed by atoms with Crippen molar-refractivity contribution >= 4 is 17.8 Å². The first-order valence-corrected chi connectivity index (χ1v) is 8.84. The number of amides is 2. The summed E-state index contributed by atoms with van der Waals surface area (Å²) in [7, 11) is 0. The smallest absolute Gasteiger partial charge is 0.445 e. The highest BCUT2D eigenvalue weighted by Crippen LogP contribution is 2.29. The highest BCUT2D eigenvalue weighted by atomic mass is 19.4. The molecule has 0 unspecified atom stereocenters. The number of hydrogen-bond donors (Lipinski definition) is 2.